The molecule has 0 atom stereocenters. The molecule has 0 bridgehead atoms. The molecule has 1 saturated carbocycles. The van der Waals surface area contributed by atoms with E-state index in [2.05, 4.69) is 22.1 Å². The quantitative estimate of drug-likeness (QED) is 0.843. The Balaban J connectivity index is 2.25. The van der Waals surface area contributed by atoms with Crippen LogP contribution in [0.2, 0.25) is 0 Å². The second kappa shape index (κ2) is 4.52. The predicted molar refractivity (Wildman–Crippen MR) is 69.9 cm³/mol. The average molecular weight is 243 g/mol. The zero-order valence-corrected chi connectivity index (χ0v) is 10.6. The maximum Gasteiger partial charge on any atom is 0.155 e. The van der Waals surface area contributed by atoms with Crippen molar-refractivity contribution in [3.8, 4) is 0 Å². The summed E-state index contributed by atoms with van der Waals surface area (Å²) in [5, 5.41) is 7.97. The lowest BCUT2D eigenvalue weighted by Crippen LogP contribution is -2.06. The third kappa shape index (κ3) is 1.64. The van der Waals surface area contributed by atoms with Crippen LogP contribution in [0.5, 0.6) is 0 Å². The van der Waals surface area contributed by atoms with E-state index in [-0.39, 0.29) is 0 Å². The topological polar surface area (TPSA) is 58.6 Å². The van der Waals surface area contributed by atoms with Gasteiger partial charge in [0.2, 0.25) is 0 Å². The van der Waals surface area contributed by atoms with Crippen molar-refractivity contribution in [3.05, 3.63) is 23.0 Å². The molecule has 0 radical (unpaired) electrons. The van der Waals surface area contributed by atoms with Gasteiger partial charge in [-0.3, -0.25) is 9.89 Å². The van der Waals surface area contributed by atoms with E-state index in [1.165, 1.54) is 12.8 Å². The van der Waals surface area contributed by atoms with E-state index in [0.29, 0.717) is 5.92 Å². The zero-order valence-electron chi connectivity index (χ0n) is 10.6. The summed E-state index contributed by atoms with van der Waals surface area (Å²) in [5.41, 5.74) is 3.69. The van der Waals surface area contributed by atoms with Gasteiger partial charge in [-0.2, -0.15) is 5.10 Å². The number of rotatable bonds is 3. The fourth-order valence-electron chi connectivity index (χ4n) is 3.09. The summed E-state index contributed by atoms with van der Waals surface area (Å²) in [6, 6.07) is 0. The molecule has 4 nitrogen and oxygen atoms in total. The number of hydrogen-bond acceptors (Lipinski definition) is 3. The molecule has 0 aliphatic heterocycles. The van der Waals surface area contributed by atoms with Crippen LogP contribution in [-0.2, 0) is 6.42 Å². The molecule has 2 heterocycles. The number of aryl methyl sites for hydroxylation is 1. The lowest BCUT2D eigenvalue weighted by molar-refractivity contribution is 0.112. The molecule has 2 aromatic heterocycles. The maximum absolute atomic E-state index is 11.5. The summed E-state index contributed by atoms with van der Waals surface area (Å²) < 4.78 is 0. The first-order valence-corrected chi connectivity index (χ1v) is 6.66. The molecule has 1 fully saturated rings. The normalized spacial score (nSPS) is 16.5. The predicted octanol–water partition coefficient (Wildman–Crippen LogP) is 2.99. The van der Waals surface area contributed by atoms with Crippen molar-refractivity contribution in [3.63, 3.8) is 0 Å². The largest absolute Gasteiger partial charge is 0.298 e. The van der Waals surface area contributed by atoms with Crippen LogP contribution in [-0.4, -0.2) is 21.5 Å². The van der Waals surface area contributed by atoms with Gasteiger partial charge in [-0.1, -0.05) is 19.8 Å². The minimum Gasteiger partial charge on any atom is -0.298 e. The third-order valence-electron chi connectivity index (χ3n) is 3.99. The van der Waals surface area contributed by atoms with Crippen LogP contribution in [0.25, 0.3) is 11.0 Å². The number of carbonyl (C=O) groups is 1. The monoisotopic (exact) mass is 243 g/mol. The van der Waals surface area contributed by atoms with Gasteiger partial charge < -0.3 is 0 Å². The Morgan fingerprint density at radius 2 is 2.22 bits per heavy atom. The van der Waals surface area contributed by atoms with E-state index < -0.39 is 0 Å². The molecule has 1 aliphatic carbocycles. The smallest absolute Gasteiger partial charge is 0.155 e. The highest BCUT2D eigenvalue weighted by Crippen LogP contribution is 2.36. The molecule has 18 heavy (non-hydrogen) atoms. The molecule has 1 aliphatic rings. The van der Waals surface area contributed by atoms with Gasteiger partial charge in [0.25, 0.3) is 0 Å². The highest BCUT2D eigenvalue weighted by Gasteiger charge is 2.24. The zero-order chi connectivity index (χ0) is 12.5. The van der Waals surface area contributed by atoms with E-state index in [1.807, 2.05) is 0 Å². The van der Waals surface area contributed by atoms with Crippen LogP contribution in [0.3, 0.4) is 0 Å². The van der Waals surface area contributed by atoms with E-state index in [4.69, 9.17) is 0 Å². The average Bonchev–Trinajstić information content (AvgIpc) is 3.06. The number of aromatic amines is 1. The number of nitrogens with zero attached hydrogens (tertiary/aromatic N) is 2. The summed E-state index contributed by atoms with van der Waals surface area (Å²) in [7, 11) is 0. The summed E-state index contributed by atoms with van der Waals surface area (Å²) in [6.07, 6.45) is 8.37. The van der Waals surface area contributed by atoms with Crippen molar-refractivity contribution in [2.24, 2.45) is 0 Å². The summed E-state index contributed by atoms with van der Waals surface area (Å²) in [4.78, 5) is 16.1. The Morgan fingerprint density at radius 1 is 1.44 bits per heavy atom. The van der Waals surface area contributed by atoms with Crippen molar-refractivity contribution >= 4 is 17.3 Å². The highest BCUT2D eigenvalue weighted by molar-refractivity contribution is 5.90. The fraction of sp³-hybridized carbons (Fsp3) is 0.500. The molecule has 0 unspecified atom stereocenters. The molecule has 0 aromatic carbocycles. The number of nitrogens with one attached hydrogen (secondary N) is 1. The van der Waals surface area contributed by atoms with Crippen molar-refractivity contribution in [2.45, 2.75) is 44.9 Å². The van der Waals surface area contributed by atoms with Crippen LogP contribution >= 0.6 is 0 Å². The molecule has 1 N–H and O–H groups in total. The first-order valence-electron chi connectivity index (χ1n) is 6.66. The van der Waals surface area contributed by atoms with Crippen LogP contribution in [0.15, 0.2) is 6.20 Å². The minimum atomic E-state index is 0.447. The number of aldehydes is 1. The number of fused-ring (bicyclic) bond motifs is 1. The van der Waals surface area contributed by atoms with E-state index in [9.17, 15) is 4.79 Å². The van der Waals surface area contributed by atoms with Crippen molar-refractivity contribution in [1.82, 2.24) is 15.2 Å². The second-order valence-corrected chi connectivity index (χ2v) is 4.97. The molecule has 2 aromatic rings. The molecule has 3 rings (SSSR count). The van der Waals surface area contributed by atoms with E-state index in [0.717, 1.165) is 53.4 Å². The maximum atomic E-state index is 11.5. The molecule has 0 spiro atoms. The van der Waals surface area contributed by atoms with Gasteiger partial charge in [0, 0.05) is 16.9 Å². The number of pyridine rings is 1. The van der Waals surface area contributed by atoms with Crippen LogP contribution in [0.4, 0.5) is 0 Å². The third-order valence-corrected chi connectivity index (χ3v) is 3.99. The summed E-state index contributed by atoms with van der Waals surface area (Å²) >= 11 is 0. The van der Waals surface area contributed by atoms with Gasteiger partial charge in [0.05, 0.1) is 11.9 Å². The number of hydrogen-bond donors (Lipinski definition) is 1. The Labute approximate surface area is 106 Å². The molecular weight excluding hydrogens is 226 g/mol. The van der Waals surface area contributed by atoms with Gasteiger partial charge in [-0.05, 0) is 24.8 Å². The van der Waals surface area contributed by atoms with E-state index in [1.54, 1.807) is 6.20 Å². The second-order valence-electron chi connectivity index (χ2n) is 4.97. The first kappa shape index (κ1) is 11.4. The van der Waals surface area contributed by atoms with Gasteiger partial charge in [0.15, 0.2) is 11.9 Å². The lowest BCUT2D eigenvalue weighted by atomic mass is 9.93. The van der Waals surface area contributed by atoms with Crippen molar-refractivity contribution in [1.29, 1.82) is 0 Å². The van der Waals surface area contributed by atoms with Gasteiger partial charge in [-0.15, -0.1) is 0 Å². The molecule has 0 amide bonds. The molecule has 4 heteroatoms. The van der Waals surface area contributed by atoms with E-state index >= 15 is 0 Å². The Morgan fingerprint density at radius 3 is 2.89 bits per heavy atom. The SMILES string of the molecule is CCc1c(C=O)c(C2CCCC2)nc2[nH]ncc12. The summed E-state index contributed by atoms with van der Waals surface area (Å²) in [5.74, 6) is 0.447. The number of aromatic nitrogens is 3. The van der Waals surface area contributed by atoms with Gasteiger partial charge >= 0.3 is 0 Å². The molecule has 94 valence electrons. The summed E-state index contributed by atoms with van der Waals surface area (Å²) in [6.45, 7) is 2.08. The fourth-order valence-corrected chi connectivity index (χ4v) is 3.09. The minimum absolute atomic E-state index is 0.447. The van der Waals surface area contributed by atoms with Crippen LogP contribution in [0, 0.1) is 0 Å². The Bertz CT molecular complexity index is 582. The van der Waals surface area contributed by atoms with Crippen molar-refractivity contribution < 1.29 is 4.79 Å². The van der Waals surface area contributed by atoms with Crippen LogP contribution < -0.4 is 0 Å². The van der Waals surface area contributed by atoms with Gasteiger partial charge in [-0.25, -0.2) is 4.98 Å². The molecular formula is C14H17N3O. The van der Waals surface area contributed by atoms with Crippen molar-refractivity contribution in [2.75, 3.05) is 0 Å². The Hall–Kier alpha value is -1.71. The first-order chi connectivity index (χ1) is 8.85. The standard InChI is InChI=1S/C14H17N3O/c1-2-10-11-7-15-17-14(11)16-13(12(10)8-18)9-5-3-4-6-9/h7-9H,2-6H2,1H3,(H,15,16,17). The Kier molecular flexibility index (Phi) is 2.86. The highest BCUT2D eigenvalue weighted by atomic mass is 16.1. The number of H-pyrrole nitrogens is 1. The molecule has 0 saturated heterocycles. The van der Waals surface area contributed by atoms with Gasteiger partial charge in [0.1, 0.15) is 0 Å². The van der Waals surface area contributed by atoms with Crippen LogP contribution in [0.1, 0.15) is 60.1 Å². The number of carbonyl (C=O) groups excluding carboxylic acids is 1. The lowest BCUT2D eigenvalue weighted by Gasteiger charge is -2.14.